The summed E-state index contributed by atoms with van der Waals surface area (Å²) in [5.74, 6) is 0. The van der Waals surface area contributed by atoms with E-state index in [0.717, 1.165) is 37.9 Å². The average Bonchev–Trinajstić information content (AvgIpc) is 2.95. The lowest BCUT2D eigenvalue weighted by Crippen LogP contribution is -2.18. The van der Waals surface area contributed by atoms with E-state index >= 15 is 0 Å². The third-order valence-corrected chi connectivity index (χ3v) is 8.48. The normalized spacial score (nSPS) is 12.9. The molecule has 1 aliphatic rings. The summed E-state index contributed by atoms with van der Waals surface area (Å²) in [6, 6.07) is 35.8. The van der Waals surface area contributed by atoms with Crippen molar-refractivity contribution in [2.45, 2.75) is 9.79 Å². The zero-order valence-electron chi connectivity index (χ0n) is 19.5. The molecule has 1 aliphatic heterocycles. The fourth-order valence-electron chi connectivity index (χ4n) is 5.73. The van der Waals surface area contributed by atoms with E-state index in [-0.39, 0.29) is 10.9 Å². The summed E-state index contributed by atoms with van der Waals surface area (Å²) in [7, 11) is 0. The molecule has 7 aromatic rings. The molecule has 0 spiro atoms. The van der Waals surface area contributed by atoms with E-state index in [2.05, 4.69) is 39.6 Å². The summed E-state index contributed by atoms with van der Waals surface area (Å²) in [6.07, 6.45) is 0. The van der Waals surface area contributed by atoms with Crippen molar-refractivity contribution in [1.82, 2.24) is 4.40 Å². The van der Waals surface area contributed by atoms with E-state index in [1.165, 1.54) is 0 Å². The van der Waals surface area contributed by atoms with Crippen LogP contribution in [0.3, 0.4) is 0 Å². The summed E-state index contributed by atoms with van der Waals surface area (Å²) >= 11 is 1.63. The summed E-state index contributed by atoms with van der Waals surface area (Å²) in [5.41, 5.74) is 5.31. The summed E-state index contributed by atoms with van der Waals surface area (Å²) < 4.78 is 2.10. The van der Waals surface area contributed by atoms with Gasteiger partial charge in [-0.25, -0.2) is 0 Å². The molecule has 3 heterocycles. The first kappa shape index (κ1) is 20.6. The predicted octanol–water partition coefficient (Wildman–Crippen LogP) is 7.49. The van der Waals surface area contributed by atoms with E-state index in [0.29, 0.717) is 27.1 Å². The molecule has 37 heavy (non-hydrogen) atoms. The Bertz CT molecular complexity index is 2170. The van der Waals surface area contributed by atoms with Crippen molar-refractivity contribution < 1.29 is 0 Å². The highest BCUT2D eigenvalue weighted by Gasteiger charge is 2.28. The Morgan fingerprint density at radius 3 is 2.11 bits per heavy atom. The Morgan fingerprint density at radius 2 is 1.24 bits per heavy atom. The molecule has 5 aromatic carbocycles. The van der Waals surface area contributed by atoms with Crippen LogP contribution < -0.4 is 15.8 Å². The van der Waals surface area contributed by atoms with Crippen molar-refractivity contribution in [2.75, 3.05) is 4.90 Å². The lowest BCUT2D eigenvalue weighted by Gasteiger charge is -2.33. The smallest absolute Gasteiger partial charge is 0.198 e. The van der Waals surface area contributed by atoms with Gasteiger partial charge in [0.15, 0.2) is 10.9 Å². The Hall–Kier alpha value is -4.61. The number of aromatic nitrogens is 1. The minimum Gasteiger partial charge on any atom is -0.308 e. The number of fused-ring (bicyclic) bond motifs is 7. The number of hydrogen-bond acceptors (Lipinski definition) is 4. The van der Waals surface area contributed by atoms with Crippen LogP contribution in [0.5, 0.6) is 0 Å². The van der Waals surface area contributed by atoms with Crippen molar-refractivity contribution >= 4 is 66.9 Å². The number of hydrogen-bond donors (Lipinski definition) is 0. The van der Waals surface area contributed by atoms with E-state index in [1.807, 2.05) is 78.9 Å². The molecule has 4 nitrogen and oxygen atoms in total. The Labute approximate surface area is 215 Å². The van der Waals surface area contributed by atoms with Gasteiger partial charge in [-0.05, 0) is 60.7 Å². The van der Waals surface area contributed by atoms with Gasteiger partial charge in [-0.2, -0.15) is 0 Å². The highest BCUT2D eigenvalue weighted by Crippen LogP contribution is 2.53. The zero-order valence-corrected chi connectivity index (χ0v) is 20.3. The van der Waals surface area contributed by atoms with Crippen LogP contribution in [0, 0.1) is 0 Å². The van der Waals surface area contributed by atoms with Crippen LogP contribution in [-0.4, -0.2) is 4.40 Å². The van der Waals surface area contributed by atoms with Crippen molar-refractivity contribution in [3.63, 3.8) is 0 Å². The molecular weight excluding hydrogens is 476 g/mol. The molecule has 0 fully saturated rings. The number of rotatable bonds is 1. The molecule has 0 amide bonds. The minimum absolute atomic E-state index is 0.0449. The summed E-state index contributed by atoms with van der Waals surface area (Å²) in [4.78, 5) is 31.9. The maximum Gasteiger partial charge on any atom is 0.198 e. The van der Waals surface area contributed by atoms with Crippen LogP contribution in [0.2, 0.25) is 0 Å². The van der Waals surface area contributed by atoms with Crippen LogP contribution in [0.4, 0.5) is 17.1 Å². The Balaban J connectivity index is 1.60. The van der Waals surface area contributed by atoms with Gasteiger partial charge >= 0.3 is 0 Å². The topological polar surface area (TPSA) is 41.8 Å². The third-order valence-electron chi connectivity index (χ3n) is 7.29. The Morgan fingerprint density at radius 1 is 0.541 bits per heavy atom. The molecular formula is C32H18N2O2S. The lowest BCUT2D eigenvalue weighted by molar-refractivity contribution is 1.17. The van der Waals surface area contributed by atoms with Crippen LogP contribution in [0.15, 0.2) is 129 Å². The largest absolute Gasteiger partial charge is 0.308 e. The van der Waals surface area contributed by atoms with Crippen LogP contribution in [0.25, 0.3) is 38.1 Å². The number of anilines is 3. The van der Waals surface area contributed by atoms with Crippen molar-refractivity contribution in [3.05, 3.63) is 130 Å². The van der Waals surface area contributed by atoms with Gasteiger partial charge in [-0.15, -0.1) is 0 Å². The molecule has 0 unspecified atom stereocenters. The highest BCUT2D eigenvalue weighted by molar-refractivity contribution is 8.00. The van der Waals surface area contributed by atoms with Crippen molar-refractivity contribution in [1.29, 1.82) is 0 Å². The zero-order chi connectivity index (χ0) is 24.7. The minimum atomic E-state index is -0.0491. The molecule has 0 atom stereocenters. The first-order chi connectivity index (χ1) is 18.2. The molecule has 174 valence electrons. The maximum atomic E-state index is 14.2. The van der Waals surface area contributed by atoms with E-state index in [9.17, 15) is 9.59 Å². The van der Waals surface area contributed by atoms with Gasteiger partial charge in [0.1, 0.15) is 0 Å². The second kappa shape index (κ2) is 7.45. The SMILES string of the molecule is O=c1c2ccccc2n2c3ccc4c(c3c(=O)c3cccc1c32)Sc1ccccc1N4c1ccccc1. The average molecular weight is 495 g/mol. The lowest BCUT2D eigenvalue weighted by atomic mass is 10.0. The number of benzene rings is 5. The Kier molecular flexibility index (Phi) is 4.14. The van der Waals surface area contributed by atoms with Gasteiger partial charge in [0.25, 0.3) is 0 Å². The van der Waals surface area contributed by atoms with Gasteiger partial charge in [-0.1, -0.05) is 60.3 Å². The van der Waals surface area contributed by atoms with E-state index in [4.69, 9.17) is 0 Å². The second-order valence-corrected chi connectivity index (χ2v) is 10.3. The molecule has 0 aliphatic carbocycles. The van der Waals surface area contributed by atoms with Gasteiger partial charge < -0.3 is 9.30 Å². The predicted molar refractivity (Wildman–Crippen MR) is 152 cm³/mol. The molecule has 0 saturated heterocycles. The van der Waals surface area contributed by atoms with Crippen molar-refractivity contribution in [3.8, 4) is 0 Å². The van der Waals surface area contributed by atoms with Gasteiger partial charge in [0, 0.05) is 31.6 Å². The number of pyridine rings is 2. The fourth-order valence-corrected chi connectivity index (χ4v) is 6.93. The monoisotopic (exact) mass is 494 g/mol. The molecule has 0 N–H and O–H groups in total. The molecule has 2 aromatic heterocycles. The second-order valence-electron chi connectivity index (χ2n) is 9.26. The number of para-hydroxylation sites is 4. The van der Waals surface area contributed by atoms with E-state index in [1.54, 1.807) is 11.8 Å². The first-order valence-electron chi connectivity index (χ1n) is 12.1. The molecule has 0 radical (unpaired) electrons. The van der Waals surface area contributed by atoms with Crippen LogP contribution in [-0.2, 0) is 0 Å². The maximum absolute atomic E-state index is 14.2. The van der Waals surface area contributed by atoms with Crippen LogP contribution in [0.1, 0.15) is 0 Å². The van der Waals surface area contributed by atoms with Crippen LogP contribution >= 0.6 is 11.8 Å². The fraction of sp³-hybridized carbons (Fsp3) is 0. The number of nitrogens with zero attached hydrogens (tertiary/aromatic N) is 2. The van der Waals surface area contributed by atoms with E-state index < -0.39 is 0 Å². The molecule has 0 bridgehead atoms. The quantitative estimate of drug-likeness (QED) is 0.175. The van der Waals surface area contributed by atoms with Gasteiger partial charge in [-0.3, -0.25) is 9.59 Å². The van der Waals surface area contributed by atoms with Crippen molar-refractivity contribution in [2.24, 2.45) is 0 Å². The third kappa shape index (κ3) is 2.69. The first-order valence-corrected chi connectivity index (χ1v) is 12.9. The summed E-state index contributed by atoms with van der Waals surface area (Å²) in [6.45, 7) is 0. The van der Waals surface area contributed by atoms with Gasteiger partial charge in [0.2, 0.25) is 0 Å². The summed E-state index contributed by atoms with van der Waals surface area (Å²) in [5, 5.41) is 2.45. The molecule has 8 rings (SSSR count). The molecule has 5 heteroatoms. The van der Waals surface area contributed by atoms with Gasteiger partial charge in [0.05, 0.1) is 33.3 Å². The standard InChI is InChI=1S/C32H18N2O2S/c35-30-20-11-4-5-14-23(20)34-25-17-18-26-32(28(25)31(36)22-13-8-12-21(30)29(22)34)37-27-16-7-6-15-24(27)33(26)19-9-2-1-3-10-19/h1-18H. The molecule has 0 saturated carbocycles. The highest BCUT2D eigenvalue weighted by atomic mass is 32.2.